The third kappa shape index (κ3) is 1.65. The summed E-state index contributed by atoms with van der Waals surface area (Å²) in [6.07, 6.45) is 5.83. The van der Waals surface area contributed by atoms with Gasteiger partial charge in [-0.3, -0.25) is 0 Å². The minimum Gasteiger partial charge on any atom is -0.338 e. The predicted octanol–water partition coefficient (Wildman–Crippen LogP) is 4.39. The summed E-state index contributed by atoms with van der Waals surface area (Å²) in [6.45, 7) is 11.3. The van der Waals surface area contributed by atoms with Crippen molar-refractivity contribution in [3.63, 3.8) is 0 Å². The Labute approximate surface area is 118 Å². The Morgan fingerprint density at radius 2 is 1.16 bits per heavy atom. The molecular formula is C15H27O3P. The van der Waals surface area contributed by atoms with Crippen molar-refractivity contribution in [1.29, 1.82) is 0 Å². The molecule has 0 aliphatic carbocycles. The molecule has 0 spiro atoms. The summed E-state index contributed by atoms with van der Waals surface area (Å²) in [5, 5.41) is 0.0121. The van der Waals surface area contributed by atoms with Crippen LogP contribution in [0.2, 0.25) is 0 Å². The van der Waals surface area contributed by atoms with Crippen molar-refractivity contribution < 1.29 is 14.2 Å². The Bertz CT molecular complexity index is 336. The third-order valence-electron chi connectivity index (χ3n) is 5.62. The van der Waals surface area contributed by atoms with Crippen LogP contribution in [0, 0.1) is 0 Å². The zero-order valence-electron chi connectivity index (χ0n) is 12.9. The maximum Gasteiger partial charge on any atom is 0.175 e. The van der Waals surface area contributed by atoms with Crippen LogP contribution in [0.25, 0.3) is 0 Å². The molecule has 4 rings (SSSR count). The van der Waals surface area contributed by atoms with Gasteiger partial charge in [-0.2, -0.15) is 0 Å². The van der Waals surface area contributed by atoms with Crippen LogP contribution in [0.5, 0.6) is 0 Å². The van der Waals surface area contributed by atoms with E-state index in [2.05, 4.69) is 34.4 Å². The van der Waals surface area contributed by atoms with E-state index >= 15 is 0 Å². The molecule has 4 unspecified atom stereocenters. The zero-order valence-corrected chi connectivity index (χ0v) is 13.8. The molecule has 4 aliphatic heterocycles. The molecule has 0 amide bonds. The first-order valence-corrected chi connectivity index (χ1v) is 9.56. The average molecular weight is 286 g/mol. The van der Waals surface area contributed by atoms with E-state index in [9.17, 15) is 0 Å². The molecule has 4 saturated heterocycles. The molecule has 4 fully saturated rings. The third-order valence-corrected chi connectivity index (χ3v) is 9.20. The normalized spacial score (nSPS) is 55.7. The fourth-order valence-electron chi connectivity index (χ4n) is 4.28. The molecule has 0 aromatic carbocycles. The molecule has 0 aromatic rings. The van der Waals surface area contributed by atoms with Crippen molar-refractivity contribution in [2.24, 2.45) is 0 Å². The summed E-state index contributed by atoms with van der Waals surface area (Å²) in [4.78, 5) is 0. The van der Waals surface area contributed by atoms with E-state index in [-0.39, 0.29) is 18.6 Å². The van der Waals surface area contributed by atoms with Crippen LogP contribution in [-0.4, -0.2) is 28.9 Å². The predicted molar refractivity (Wildman–Crippen MR) is 77.4 cm³/mol. The minimum atomic E-state index is -0.395. The van der Waals surface area contributed by atoms with Gasteiger partial charge in [-0.25, -0.2) is 0 Å². The van der Waals surface area contributed by atoms with Crippen molar-refractivity contribution in [1.82, 2.24) is 0 Å². The van der Waals surface area contributed by atoms with Gasteiger partial charge >= 0.3 is 0 Å². The number of hydrogen-bond donors (Lipinski definition) is 0. The molecular weight excluding hydrogens is 259 g/mol. The molecule has 3 nitrogen and oxygen atoms in total. The van der Waals surface area contributed by atoms with E-state index in [0.717, 1.165) is 38.5 Å². The van der Waals surface area contributed by atoms with Crippen molar-refractivity contribution in [3.8, 4) is 0 Å². The second-order valence-corrected chi connectivity index (χ2v) is 9.09. The molecule has 19 heavy (non-hydrogen) atoms. The highest BCUT2D eigenvalue weighted by atomic mass is 31.1. The van der Waals surface area contributed by atoms with Gasteiger partial charge in [-0.15, -0.1) is 0 Å². The Morgan fingerprint density at radius 1 is 0.737 bits per heavy atom. The molecule has 110 valence electrons. The summed E-state index contributed by atoms with van der Waals surface area (Å²) >= 11 is 0. The summed E-state index contributed by atoms with van der Waals surface area (Å²) in [6, 6.07) is 0. The van der Waals surface area contributed by atoms with Crippen LogP contribution in [-0.2, 0) is 14.2 Å². The van der Waals surface area contributed by atoms with Crippen LogP contribution in [0.3, 0.4) is 0 Å². The van der Waals surface area contributed by atoms with Gasteiger partial charge in [0.05, 0.1) is 10.7 Å². The van der Waals surface area contributed by atoms with Crippen LogP contribution in [0.15, 0.2) is 0 Å². The Kier molecular flexibility index (Phi) is 3.12. The van der Waals surface area contributed by atoms with Gasteiger partial charge < -0.3 is 14.2 Å². The Hall–Kier alpha value is 0.310. The quantitative estimate of drug-likeness (QED) is 0.717. The van der Waals surface area contributed by atoms with Gasteiger partial charge in [-0.05, 0) is 40.3 Å². The zero-order chi connectivity index (χ0) is 13.9. The molecule has 0 radical (unpaired) electrons. The Balaban J connectivity index is 2.12. The van der Waals surface area contributed by atoms with Gasteiger partial charge in [0, 0.05) is 12.8 Å². The first-order valence-electron chi connectivity index (χ1n) is 7.78. The van der Waals surface area contributed by atoms with Crippen molar-refractivity contribution in [3.05, 3.63) is 0 Å². The molecule has 0 aromatic heterocycles. The summed E-state index contributed by atoms with van der Waals surface area (Å²) < 4.78 is 19.5. The standard InChI is InChI=1S/C15H27O3P/c1-6-12-10-14(8-3)18-13(7-2,16-12)11-15(9-4,17-12)19(14)5/h6-11H2,1-5H3. The van der Waals surface area contributed by atoms with Gasteiger partial charge in [0.25, 0.3) is 0 Å². The number of hydrogen-bond acceptors (Lipinski definition) is 3. The highest BCUT2D eigenvalue weighted by Gasteiger charge is 2.72. The van der Waals surface area contributed by atoms with Crippen molar-refractivity contribution >= 4 is 7.92 Å². The molecule has 4 aliphatic rings. The second kappa shape index (κ2) is 4.16. The maximum absolute atomic E-state index is 6.59. The van der Waals surface area contributed by atoms with Crippen molar-refractivity contribution in [2.45, 2.75) is 88.5 Å². The molecule has 4 bridgehead atoms. The molecule has 4 heterocycles. The van der Waals surface area contributed by atoms with Crippen molar-refractivity contribution in [2.75, 3.05) is 6.66 Å². The van der Waals surface area contributed by atoms with E-state index < -0.39 is 11.6 Å². The lowest BCUT2D eigenvalue weighted by molar-refractivity contribution is -0.483. The van der Waals surface area contributed by atoms with Gasteiger partial charge in [-0.1, -0.05) is 27.7 Å². The molecule has 0 N–H and O–H groups in total. The fraction of sp³-hybridized carbons (Fsp3) is 1.00. The smallest absolute Gasteiger partial charge is 0.175 e. The number of ether oxygens (including phenoxy) is 3. The van der Waals surface area contributed by atoms with Gasteiger partial charge in [0.2, 0.25) is 0 Å². The van der Waals surface area contributed by atoms with Gasteiger partial charge in [0.15, 0.2) is 11.6 Å². The summed E-state index contributed by atoms with van der Waals surface area (Å²) in [7, 11) is -0.294. The first-order chi connectivity index (χ1) is 8.93. The minimum absolute atomic E-state index is 0.00606. The Morgan fingerprint density at radius 3 is 1.47 bits per heavy atom. The van der Waals surface area contributed by atoms with Crippen LogP contribution >= 0.6 is 7.92 Å². The maximum atomic E-state index is 6.59. The van der Waals surface area contributed by atoms with E-state index in [1.165, 1.54) is 0 Å². The van der Waals surface area contributed by atoms with Gasteiger partial charge in [0.1, 0.15) is 0 Å². The van der Waals surface area contributed by atoms with E-state index in [1.807, 2.05) is 0 Å². The summed E-state index contributed by atoms with van der Waals surface area (Å²) in [5.41, 5.74) is 0. The number of rotatable bonds is 4. The highest BCUT2D eigenvalue weighted by Crippen LogP contribution is 2.77. The van der Waals surface area contributed by atoms with E-state index in [0.29, 0.717) is 0 Å². The summed E-state index contributed by atoms with van der Waals surface area (Å²) in [5.74, 6) is -0.791. The lowest BCUT2D eigenvalue weighted by Crippen LogP contribution is -2.73. The van der Waals surface area contributed by atoms with Crippen LogP contribution < -0.4 is 0 Å². The monoisotopic (exact) mass is 286 g/mol. The second-order valence-electron chi connectivity index (χ2n) is 6.35. The van der Waals surface area contributed by atoms with E-state index in [4.69, 9.17) is 14.2 Å². The molecule has 0 saturated carbocycles. The molecule has 4 atom stereocenters. The lowest BCUT2D eigenvalue weighted by atomic mass is 9.90. The SMILES string of the molecule is CCC12CC3(CC)OC(CC)(CC(CC)(O1)P3C)O2. The molecule has 4 heteroatoms. The average Bonchev–Trinajstić information content (AvgIpc) is 2.44. The lowest BCUT2D eigenvalue weighted by Gasteiger charge is -2.71. The largest absolute Gasteiger partial charge is 0.338 e. The van der Waals surface area contributed by atoms with Crippen LogP contribution in [0.4, 0.5) is 0 Å². The topological polar surface area (TPSA) is 27.7 Å². The fourth-order valence-corrected chi connectivity index (χ4v) is 7.54. The van der Waals surface area contributed by atoms with Crippen LogP contribution in [0.1, 0.15) is 66.2 Å². The first kappa shape index (κ1) is 14.3. The highest BCUT2D eigenvalue weighted by molar-refractivity contribution is 7.60. The van der Waals surface area contributed by atoms with E-state index in [1.54, 1.807) is 0 Å².